The van der Waals surface area contributed by atoms with E-state index in [0.29, 0.717) is 11.5 Å². The quantitative estimate of drug-likeness (QED) is 0.219. The molecular weight excluding hydrogens is 480 g/mol. The molecule has 0 aliphatic heterocycles. The molecular formula is C35H32N2O2. The van der Waals surface area contributed by atoms with Crippen LogP contribution in [0, 0.1) is 20.8 Å². The molecule has 0 fully saturated rings. The monoisotopic (exact) mass is 512 g/mol. The van der Waals surface area contributed by atoms with Gasteiger partial charge in [0.2, 0.25) is 0 Å². The number of hydrogen-bond acceptors (Lipinski definition) is 4. The standard InChI is InChI=1S/C35H32N2O2/c1-23-11-13-28(17-24(23)2)34-25(3)18-31(22-36-34)35-29(14-12-26-9-7-6-8-10-26)19-30(21-37-35)27-15-16-32(38-4)33(20-27)39-5/h6-22H,1-5H3/b14-12+. The van der Waals surface area contributed by atoms with Crippen molar-refractivity contribution in [3.63, 3.8) is 0 Å². The summed E-state index contributed by atoms with van der Waals surface area (Å²) in [5.74, 6) is 1.38. The second-order valence-corrected chi connectivity index (χ2v) is 9.66. The van der Waals surface area contributed by atoms with Gasteiger partial charge in [-0.3, -0.25) is 9.97 Å². The lowest BCUT2D eigenvalue weighted by atomic mass is 9.97. The van der Waals surface area contributed by atoms with Gasteiger partial charge in [0.1, 0.15) is 0 Å². The minimum atomic E-state index is 0.683. The summed E-state index contributed by atoms with van der Waals surface area (Å²) in [5, 5.41) is 0. The van der Waals surface area contributed by atoms with Gasteiger partial charge < -0.3 is 9.47 Å². The van der Waals surface area contributed by atoms with Crippen LogP contribution in [0.15, 0.2) is 91.3 Å². The highest BCUT2D eigenvalue weighted by molar-refractivity contribution is 5.82. The largest absolute Gasteiger partial charge is 0.493 e. The van der Waals surface area contributed by atoms with Crippen LogP contribution in [0.5, 0.6) is 11.5 Å². The van der Waals surface area contributed by atoms with Crippen LogP contribution in [0.1, 0.15) is 27.8 Å². The average Bonchev–Trinajstić information content (AvgIpc) is 2.97. The molecule has 0 bridgehead atoms. The number of aromatic nitrogens is 2. The fourth-order valence-electron chi connectivity index (χ4n) is 4.67. The summed E-state index contributed by atoms with van der Waals surface area (Å²) >= 11 is 0. The Bertz CT molecular complexity index is 1660. The lowest BCUT2D eigenvalue weighted by molar-refractivity contribution is 0.355. The maximum absolute atomic E-state index is 5.53. The summed E-state index contributed by atoms with van der Waals surface area (Å²) in [5.41, 5.74) is 11.8. The van der Waals surface area contributed by atoms with Gasteiger partial charge in [0.25, 0.3) is 0 Å². The van der Waals surface area contributed by atoms with Crippen LogP contribution in [0.25, 0.3) is 45.8 Å². The van der Waals surface area contributed by atoms with Crippen molar-refractivity contribution in [1.82, 2.24) is 9.97 Å². The maximum Gasteiger partial charge on any atom is 0.161 e. The third kappa shape index (κ3) is 5.60. The molecule has 3 aromatic carbocycles. The minimum absolute atomic E-state index is 0.683. The maximum atomic E-state index is 5.53. The minimum Gasteiger partial charge on any atom is -0.493 e. The SMILES string of the molecule is COc1ccc(-c2cnc(-c3cnc(-c4ccc(C)c(C)c4)c(C)c3)c(/C=C/c3ccccc3)c2)cc1OC. The summed E-state index contributed by atoms with van der Waals surface area (Å²) in [6.07, 6.45) is 8.07. The number of nitrogens with zero attached hydrogens (tertiary/aromatic N) is 2. The molecule has 0 aliphatic carbocycles. The van der Waals surface area contributed by atoms with Crippen LogP contribution in [-0.4, -0.2) is 24.2 Å². The number of hydrogen-bond donors (Lipinski definition) is 0. The molecule has 0 aliphatic rings. The van der Waals surface area contributed by atoms with Crippen LogP contribution in [0.4, 0.5) is 0 Å². The number of ether oxygens (including phenoxy) is 2. The van der Waals surface area contributed by atoms with Crippen LogP contribution in [-0.2, 0) is 0 Å². The molecule has 194 valence electrons. The fraction of sp³-hybridized carbons (Fsp3) is 0.143. The Morgan fingerprint density at radius 3 is 1.95 bits per heavy atom. The van der Waals surface area contributed by atoms with E-state index < -0.39 is 0 Å². The van der Waals surface area contributed by atoms with Crippen molar-refractivity contribution in [2.24, 2.45) is 0 Å². The first-order chi connectivity index (χ1) is 19.0. The zero-order chi connectivity index (χ0) is 27.4. The van der Waals surface area contributed by atoms with Gasteiger partial charge in [-0.15, -0.1) is 0 Å². The van der Waals surface area contributed by atoms with Crippen molar-refractivity contribution in [2.75, 3.05) is 14.2 Å². The molecule has 5 rings (SSSR count). The molecule has 4 heteroatoms. The van der Waals surface area contributed by atoms with E-state index in [4.69, 9.17) is 19.4 Å². The first-order valence-electron chi connectivity index (χ1n) is 13.0. The first-order valence-corrected chi connectivity index (χ1v) is 13.0. The van der Waals surface area contributed by atoms with E-state index in [1.807, 2.05) is 48.8 Å². The third-order valence-electron chi connectivity index (χ3n) is 7.02. The topological polar surface area (TPSA) is 44.2 Å². The van der Waals surface area contributed by atoms with Crippen molar-refractivity contribution in [3.05, 3.63) is 119 Å². The molecule has 0 spiro atoms. The second-order valence-electron chi connectivity index (χ2n) is 9.66. The molecule has 2 heterocycles. The Morgan fingerprint density at radius 1 is 0.538 bits per heavy atom. The normalized spacial score (nSPS) is 11.1. The lowest BCUT2D eigenvalue weighted by Crippen LogP contribution is -1.96. The molecule has 0 radical (unpaired) electrons. The lowest BCUT2D eigenvalue weighted by Gasteiger charge is -2.13. The zero-order valence-electron chi connectivity index (χ0n) is 23.0. The molecule has 0 atom stereocenters. The van der Waals surface area contributed by atoms with Gasteiger partial charge in [-0.2, -0.15) is 0 Å². The molecule has 0 saturated heterocycles. The van der Waals surface area contributed by atoms with Gasteiger partial charge in [-0.25, -0.2) is 0 Å². The van der Waals surface area contributed by atoms with E-state index in [0.717, 1.165) is 50.3 Å². The highest BCUT2D eigenvalue weighted by Crippen LogP contribution is 2.35. The summed E-state index contributed by atoms with van der Waals surface area (Å²) in [6, 6.07) is 27.0. The van der Waals surface area contributed by atoms with E-state index in [2.05, 4.69) is 75.4 Å². The molecule has 0 unspecified atom stereocenters. The molecule has 5 aromatic rings. The molecule has 0 amide bonds. The summed E-state index contributed by atoms with van der Waals surface area (Å²) in [6.45, 7) is 6.38. The highest BCUT2D eigenvalue weighted by atomic mass is 16.5. The summed E-state index contributed by atoms with van der Waals surface area (Å²) in [4.78, 5) is 9.82. The van der Waals surface area contributed by atoms with Gasteiger partial charge in [0.05, 0.1) is 25.6 Å². The van der Waals surface area contributed by atoms with Crippen molar-refractivity contribution in [2.45, 2.75) is 20.8 Å². The van der Waals surface area contributed by atoms with Crippen molar-refractivity contribution < 1.29 is 9.47 Å². The van der Waals surface area contributed by atoms with E-state index >= 15 is 0 Å². The Morgan fingerprint density at radius 2 is 1.23 bits per heavy atom. The van der Waals surface area contributed by atoms with Crippen molar-refractivity contribution in [3.8, 4) is 45.1 Å². The fourth-order valence-corrected chi connectivity index (χ4v) is 4.67. The smallest absolute Gasteiger partial charge is 0.161 e. The Labute approximate surface area is 230 Å². The Hall–Kier alpha value is -4.70. The molecule has 4 nitrogen and oxygen atoms in total. The van der Waals surface area contributed by atoms with E-state index in [1.54, 1.807) is 14.2 Å². The second kappa shape index (κ2) is 11.4. The van der Waals surface area contributed by atoms with Gasteiger partial charge in [0, 0.05) is 34.6 Å². The first kappa shape index (κ1) is 25.9. The van der Waals surface area contributed by atoms with Gasteiger partial charge in [-0.05, 0) is 78.9 Å². The van der Waals surface area contributed by atoms with Crippen LogP contribution < -0.4 is 9.47 Å². The number of benzene rings is 3. The summed E-state index contributed by atoms with van der Waals surface area (Å²) in [7, 11) is 3.29. The number of rotatable bonds is 7. The van der Waals surface area contributed by atoms with Crippen molar-refractivity contribution in [1.29, 1.82) is 0 Å². The van der Waals surface area contributed by atoms with E-state index in [-0.39, 0.29) is 0 Å². The predicted molar refractivity (Wildman–Crippen MR) is 161 cm³/mol. The number of aryl methyl sites for hydroxylation is 3. The van der Waals surface area contributed by atoms with Gasteiger partial charge in [0.15, 0.2) is 11.5 Å². The third-order valence-corrected chi connectivity index (χ3v) is 7.02. The summed E-state index contributed by atoms with van der Waals surface area (Å²) < 4.78 is 11.0. The van der Waals surface area contributed by atoms with Crippen LogP contribution >= 0.6 is 0 Å². The van der Waals surface area contributed by atoms with Crippen molar-refractivity contribution >= 4 is 12.2 Å². The van der Waals surface area contributed by atoms with E-state index in [9.17, 15) is 0 Å². The molecule has 39 heavy (non-hydrogen) atoms. The Kier molecular flexibility index (Phi) is 7.55. The average molecular weight is 513 g/mol. The number of methoxy groups -OCH3 is 2. The van der Waals surface area contributed by atoms with Crippen LogP contribution in [0.3, 0.4) is 0 Å². The highest BCUT2D eigenvalue weighted by Gasteiger charge is 2.13. The Balaban J connectivity index is 1.59. The van der Waals surface area contributed by atoms with Crippen LogP contribution in [0.2, 0.25) is 0 Å². The molecule has 2 aromatic heterocycles. The van der Waals surface area contributed by atoms with Gasteiger partial charge >= 0.3 is 0 Å². The molecule has 0 N–H and O–H groups in total. The zero-order valence-corrected chi connectivity index (χ0v) is 23.0. The van der Waals surface area contributed by atoms with Gasteiger partial charge in [-0.1, -0.05) is 60.7 Å². The predicted octanol–water partition coefficient (Wildman–Crippen LogP) is 8.59. The number of pyridine rings is 2. The molecule has 0 saturated carbocycles. The van der Waals surface area contributed by atoms with E-state index in [1.165, 1.54) is 11.1 Å².